The molecule has 1 saturated heterocycles. The van der Waals surface area contributed by atoms with Gasteiger partial charge in [-0.05, 0) is 46.7 Å². The Hall–Kier alpha value is -2.04. The molecule has 1 aliphatic heterocycles. The van der Waals surface area contributed by atoms with Gasteiger partial charge in [-0.2, -0.15) is 0 Å². The number of benzene rings is 2. The van der Waals surface area contributed by atoms with Crippen LogP contribution < -0.4 is 5.32 Å². The van der Waals surface area contributed by atoms with E-state index in [4.69, 9.17) is 4.74 Å². The van der Waals surface area contributed by atoms with Gasteiger partial charge in [-0.15, -0.1) is 0 Å². The number of amides is 1. The number of ether oxygens (including phenoxy) is 1. The van der Waals surface area contributed by atoms with Crippen LogP contribution in [0.15, 0.2) is 42.5 Å². The number of nitrogens with zero attached hydrogens (tertiary/aromatic N) is 2. The molecule has 2 aromatic carbocycles. The molecular formula is C20H22IN3O4. The van der Waals surface area contributed by atoms with E-state index in [2.05, 4.69) is 29.3 Å². The van der Waals surface area contributed by atoms with Gasteiger partial charge < -0.3 is 10.1 Å². The van der Waals surface area contributed by atoms with E-state index in [0.29, 0.717) is 15.7 Å². The Morgan fingerprint density at radius 2 is 2.11 bits per heavy atom. The predicted octanol–water partition coefficient (Wildman–Crippen LogP) is 3.35. The maximum absolute atomic E-state index is 12.5. The minimum atomic E-state index is -0.497. The maximum Gasteiger partial charge on any atom is 0.270 e. The van der Waals surface area contributed by atoms with Crippen LogP contribution in [0, 0.1) is 13.7 Å². The molecule has 2 aromatic rings. The molecule has 0 radical (unpaired) electrons. The van der Waals surface area contributed by atoms with Crippen molar-refractivity contribution in [3.63, 3.8) is 0 Å². The van der Waals surface area contributed by atoms with Crippen molar-refractivity contribution in [3.05, 3.63) is 72.8 Å². The van der Waals surface area contributed by atoms with Crippen molar-refractivity contribution in [2.75, 3.05) is 19.7 Å². The summed E-state index contributed by atoms with van der Waals surface area (Å²) in [5, 5.41) is 13.8. The number of hydrogen-bond donors (Lipinski definition) is 1. The maximum atomic E-state index is 12.5. The van der Waals surface area contributed by atoms with Crippen molar-refractivity contribution in [2.24, 2.45) is 0 Å². The van der Waals surface area contributed by atoms with Crippen LogP contribution in [0.2, 0.25) is 0 Å². The van der Waals surface area contributed by atoms with E-state index in [-0.39, 0.29) is 17.7 Å². The summed E-state index contributed by atoms with van der Waals surface area (Å²) in [4.78, 5) is 25.3. The van der Waals surface area contributed by atoms with Crippen molar-refractivity contribution in [1.29, 1.82) is 0 Å². The van der Waals surface area contributed by atoms with E-state index in [1.54, 1.807) is 6.07 Å². The van der Waals surface area contributed by atoms with E-state index in [1.165, 1.54) is 17.7 Å². The van der Waals surface area contributed by atoms with Crippen molar-refractivity contribution in [2.45, 2.75) is 26.1 Å². The van der Waals surface area contributed by atoms with Gasteiger partial charge in [0.1, 0.15) is 0 Å². The first-order valence-corrected chi connectivity index (χ1v) is 10.1. The van der Waals surface area contributed by atoms with Crippen LogP contribution in [0.3, 0.4) is 0 Å². The van der Waals surface area contributed by atoms with Gasteiger partial charge in [-0.1, -0.05) is 24.3 Å². The number of nitro groups is 1. The normalized spacial score (nSPS) is 17.3. The smallest absolute Gasteiger partial charge is 0.270 e. The lowest BCUT2D eigenvalue weighted by atomic mass is 10.1. The minimum Gasteiger partial charge on any atom is -0.376 e. The summed E-state index contributed by atoms with van der Waals surface area (Å²) in [6.45, 7) is 5.86. The highest BCUT2D eigenvalue weighted by Crippen LogP contribution is 2.20. The Kier molecular flexibility index (Phi) is 6.97. The SMILES string of the molecule is CC1CN(Cc2cccc(CNC(=O)c3cc([N+](=O)[O-])ccc3I)c2)CCO1. The monoisotopic (exact) mass is 495 g/mol. The van der Waals surface area contributed by atoms with E-state index in [9.17, 15) is 14.9 Å². The van der Waals surface area contributed by atoms with Crippen molar-refractivity contribution < 1.29 is 14.5 Å². The number of nitro benzene ring substituents is 1. The van der Waals surface area contributed by atoms with Gasteiger partial charge in [-0.3, -0.25) is 19.8 Å². The van der Waals surface area contributed by atoms with Crippen molar-refractivity contribution >= 4 is 34.2 Å². The Morgan fingerprint density at radius 1 is 1.32 bits per heavy atom. The van der Waals surface area contributed by atoms with Gasteiger partial charge in [0.25, 0.3) is 11.6 Å². The molecular weight excluding hydrogens is 473 g/mol. The summed E-state index contributed by atoms with van der Waals surface area (Å²) >= 11 is 2.01. The molecule has 0 aliphatic carbocycles. The zero-order chi connectivity index (χ0) is 20.1. The molecule has 1 N–H and O–H groups in total. The molecule has 0 spiro atoms. The van der Waals surface area contributed by atoms with Gasteiger partial charge >= 0.3 is 0 Å². The number of halogens is 1. The number of rotatable bonds is 6. The quantitative estimate of drug-likeness (QED) is 0.378. The van der Waals surface area contributed by atoms with E-state index in [0.717, 1.165) is 31.8 Å². The van der Waals surface area contributed by atoms with E-state index < -0.39 is 4.92 Å². The third-order valence-corrected chi connectivity index (χ3v) is 5.52. The van der Waals surface area contributed by atoms with E-state index >= 15 is 0 Å². The molecule has 3 rings (SSSR count). The highest BCUT2D eigenvalue weighted by Gasteiger charge is 2.17. The lowest BCUT2D eigenvalue weighted by molar-refractivity contribution is -0.384. The second-order valence-corrected chi connectivity index (χ2v) is 8.00. The lowest BCUT2D eigenvalue weighted by Crippen LogP contribution is -2.40. The largest absolute Gasteiger partial charge is 0.376 e. The summed E-state index contributed by atoms with van der Waals surface area (Å²) in [6, 6.07) is 12.4. The van der Waals surface area contributed by atoms with Gasteiger partial charge in [0, 0.05) is 41.9 Å². The number of carbonyl (C=O) groups is 1. The average molecular weight is 495 g/mol. The summed E-state index contributed by atoms with van der Waals surface area (Å²) in [5.41, 5.74) is 2.40. The molecule has 1 aliphatic rings. The first kappa shape index (κ1) is 20.7. The fourth-order valence-electron chi connectivity index (χ4n) is 3.21. The van der Waals surface area contributed by atoms with Crippen molar-refractivity contribution in [3.8, 4) is 0 Å². The lowest BCUT2D eigenvalue weighted by Gasteiger charge is -2.31. The average Bonchev–Trinajstić information content (AvgIpc) is 2.66. The Morgan fingerprint density at radius 3 is 2.86 bits per heavy atom. The highest BCUT2D eigenvalue weighted by molar-refractivity contribution is 14.1. The summed E-state index contributed by atoms with van der Waals surface area (Å²) in [7, 11) is 0. The topological polar surface area (TPSA) is 84.7 Å². The minimum absolute atomic E-state index is 0.0905. The second kappa shape index (κ2) is 9.44. The van der Waals surface area contributed by atoms with Crippen LogP contribution in [-0.4, -0.2) is 41.5 Å². The molecule has 1 unspecified atom stereocenters. The van der Waals surface area contributed by atoms with Crippen LogP contribution in [0.5, 0.6) is 0 Å². The molecule has 0 saturated carbocycles. The van der Waals surface area contributed by atoms with Crippen LogP contribution in [0.1, 0.15) is 28.4 Å². The first-order chi connectivity index (χ1) is 13.4. The zero-order valence-corrected chi connectivity index (χ0v) is 17.7. The molecule has 7 nitrogen and oxygen atoms in total. The van der Waals surface area contributed by atoms with Crippen LogP contribution in [0.25, 0.3) is 0 Å². The Bertz CT molecular complexity index is 874. The second-order valence-electron chi connectivity index (χ2n) is 6.84. The number of nitrogens with one attached hydrogen (secondary N) is 1. The number of carbonyl (C=O) groups excluding carboxylic acids is 1. The molecule has 0 aromatic heterocycles. The van der Waals surface area contributed by atoms with Crippen LogP contribution in [0.4, 0.5) is 5.69 Å². The Balaban J connectivity index is 1.62. The molecule has 1 fully saturated rings. The fraction of sp³-hybridized carbons (Fsp3) is 0.350. The Labute approximate surface area is 177 Å². The highest BCUT2D eigenvalue weighted by atomic mass is 127. The fourth-order valence-corrected chi connectivity index (χ4v) is 3.79. The number of non-ortho nitro benzene ring substituents is 1. The third-order valence-electron chi connectivity index (χ3n) is 4.58. The molecule has 0 bridgehead atoms. The van der Waals surface area contributed by atoms with E-state index in [1.807, 2.05) is 34.7 Å². The number of hydrogen-bond acceptors (Lipinski definition) is 5. The van der Waals surface area contributed by atoms with Gasteiger partial charge in [0.05, 0.1) is 23.2 Å². The molecule has 1 atom stereocenters. The molecule has 148 valence electrons. The third kappa shape index (κ3) is 5.49. The van der Waals surface area contributed by atoms with Crippen molar-refractivity contribution in [1.82, 2.24) is 10.2 Å². The summed E-state index contributed by atoms with van der Waals surface area (Å²) in [5.74, 6) is -0.319. The first-order valence-electron chi connectivity index (χ1n) is 9.06. The van der Waals surface area contributed by atoms with Gasteiger partial charge in [0.15, 0.2) is 0 Å². The van der Waals surface area contributed by atoms with Gasteiger partial charge in [0.2, 0.25) is 0 Å². The number of morpholine rings is 1. The van der Waals surface area contributed by atoms with Crippen LogP contribution in [-0.2, 0) is 17.8 Å². The molecule has 28 heavy (non-hydrogen) atoms. The van der Waals surface area contributed by atoms with Crippen LogP contribution >= 0.6 is 22.6 Å². The predicted molar refractivity (Wildman–Crippen MR) is 114 cm³/mol. The molecule has 1 amide bonds. The van der Waals surface area contributed by atoms with Gasteiger partial charge in [-0.25, -0.2) is 0 Å². The summed E-state index contributed by atoms with van der Waals surface area (Å²) < 4.78 is 6.25. The standard InChI is InChI=1S/C20H22IN3O4/c1-14-12-23(7-8-28-14)13-16-4-2-3-15(9-16)11-22-20(25)18-10-17(24(26)27)5-6-19(18)21/h2-6,9-10,14H,7-8,11-13H2,1H3,(H,22,25). The summed E-state index contributed by atoms with van der Waals surface area (Å²) in [6.07, 6.45) is 0.244. The molecule has 8 heteroatoms. The molecule has 1 heterocycles. The zero-order valence-electron chi connectivity index (χ0n) is 15.6.